The monoisotopic (exact) mass is 281 g/mol. The van der Waals surface area contributed by atoms with E-state index >= 15 is 0 Å². The molecule has 1 aromatic carbocycles. The molecule has 110 valence electrons. The van der Waals surface area contributed by atoms with E-state index in [-0.39, 0.29) is 17.3 Å². The van der Waals surface area contributed by atoms with Gasteiger partial charge < -0.3 is 21.0 Å². The van der Waals surface area contributed by atoms with Gasteiger partial charge >= 0.3 is 0 Å². The van der Waals surface area contributed by atoms with Crippen LogP contribution in [-0.4, -0.2) is 29.8 Å². The van der Waals surface area contributed by atoms with Crippen LogP contribution in [0.25, 0.3) is 0 Å². The molecule has 1 saturated heterocycles. The number of nitrogens with two attached hydrogens (primary N) is 1. The number of ether oxygens (including phenoxy) is 1. The molecule has 6 heteroatoms. The van der Waals surface area contributed by atoms with Crippen LogP contribution in [0.2, 0.25) is 0 Å². The minimum Gasteiger partial charge on any atom is -0.409 e. The predicted octanol–water partition coefficient (Wildman–Crippen LogP) is 1.58. The van der Waals surface area contributed by atoms with Crippen LogP contribution in [0.1, 0.15) is 30.9 Å². The Kier molecular flexibility index (Phi) is 4.57. The number of benzene rings is 1. The van der Waals surface area contributed by atoms with Gasteiger partial charge in [0, 0.05) is 30.8 Å². The van der Waals surface area contributed by atoms with Crippen molar-refractivity contribution in [3.05, 3.63) is 35.1 Å². The summed E-state index contributed by atoms with van der Waals surface area (Å²) in [6, 6.07) is 4.52. The van der Waals surface area contributed by atoms with Gasteiger partial charge in [-0.1, -0.05) is 17.3 Å². The van der Waals surface area contributed by atoms with Crippen molar-refractivity contribution in [2.24, 2.45) is 10.9 Å². The Balaban J connectivity index is 1.93. The Hall–Kier alpha value is -1.66. The van der Waals surface area contributed by atoms with Gasteiger partial charge in [0.25, 0.3) is 0 Å². The van der Waals surface area contributed by atoms with Crippen molar-refractivity contribution in [2.45, 2.75) is 31.9 Å². The van der Waals surface area contributed by atoms with E-state index in [0.29, 0.717) is 24.2 Å². The number of oxime groups is 1. The third-order valence-corrected chi connectivity index (χ3v) is 3.57. The Morgan fingerprint density at radius 1 is 1.60 bits per heavy atom. The topological polar surface area (TPSA) is 79.9 Å². The largest absolute Gasteiger partial charge is 0.409 e. The average Bonchev–Trinajstić information content (AvgIpc) is 2.86. The Labute approximate surface area is 117 Å². The first-order valence-corrected chi connectivity index (χ1v) is 6.65. The van der Waals surface area contributed by atoms with E-state index in [1.54, 1.807) is 12.1 Å². The van der Waals surface area contributed by atoms with Crippen molar-refractivity contribution in [1.82, 2.24) is 5.32 Å². The van der Waals surface area contributed by atoms with Crippen molar-refractivity contribution in [3.63, 3.8) is 0 Å². The number of nitrogens with one attached hydrogen (secondary N) is 1. The highest BCUT2D eigenvalue weighted by atomic mass is 19.1. The molecule has 0 spiro atoms. The quantitative estimate of drug-likeness (QED) is 0.331. The molecule has 2 rings (SSSR count). The molecule has 1 heterocycles. The summed E-state index contributed by atoms with van der Waals surface area (Å²) in [6.45, 7) is 3.96. The van der Waals surface area contributed by atoms with Crippen molar-refractivity contribution in [3.8, 4) is 0 Å². The molecule has 5 nitrogen and oxygen atoms in total. The normalized spacial score (nSPS) is 23.2. The van der Waals surface area contributed by atoms with Gasteiger partial charge in [-0.3, -0.25) is 0 Å². The van der Waals surface area contributed by atoms with Crippen molar-refractivity contribution in [1.29, 1.82) is 0 Å². The van der Waals surface area contributed by atoms with Gasteiger partial charge in [-0.25, -0.2) is 4.39 Å². The molecule has 1 fully saturated rings. The van der Waals surface area contributed by atoms with Gasteiger partial charge in [-0.05, 0) is 25.8 Å². The molecule has 0 saturated carbocycles. The summed E-state index contributed by atoms with van der Waals surface area (Å²) in [5, 5.41) is 14.6. The van der Waals surface area contributed by atoms with E-state index in [1.807, 2.05) is 0 Å². The molecular weight excluding hydrogens is 261 g/mol. The van der Waals surface area contributed by atoms with Crippen LogP contribution in [0.4, 0.5) is 4.39 Å². The molecule has 20 heavy (non-hydrogen) atoms. The van der Waals surface area contributed by atoms with E-state index < -0.39 is 0 Å². The van der Waals surface area contributed by atoms with Crippen molar-refractivity contribution < 1.29 is 14.3 Å². The number of rotatable bonds is 5. The second kappa shape index (κ2) is 6.19. The predicted molar refractivity (Wildman–Crippen MR) is 74.2 cm³/mol. The fourth-order valence-corrected chi connectivity index (χ4v) is 2.35. The minimum atomic E-state index is -0.376. The summed E-state index contributed by atoms with van der Waals surface area (Å²) >= 11 is 0. The molecule has 1 atom stereocenters. The number of amidine groups is 1. The van der Waals surface area contributed by atoms with E-state index in [4.69, 9.17) is 15.7 Å². The fraction of sp³-hybridized carbons (Fsp3) is 0.500. The molecule has 1 aromatic rings. The highest BCUT2D eigenvalue weighted by Gasteiger charge is 2.29. The van der Waals surface area contributed by atoms with Crippen LogP contribution in [0, 0.1) is 5.82 Å². The lowest BCUT2D eigenvalue weighted by atomic mass is 10.0. The first-order chi connectivity index (χ1) is 9.54. The van der Waals surface area contributed by atoms with E-state index in [0.717, 1.165) is 19.4 Å². The SMILES string of the molecule is CC1(CNCc2ccc(/C(N)=N/O)cc2F)CCCO1. The second-order valence-electron chi connectivity index (χ2n) is 5.30. The lowest BCUT2D eigenvalue weighted by Gasteiger charge is -2.23. The summed E-state index contributed by atoms with van der Waals surface area (Å²) in [6.07, 6.45) is 2.09. The van der Waals surface area contributed by atoms with E-state index in [1.165, 1.54) is 6.07 Å². The maximum Gasteiger partial charge on any atom is 0.170 e. The van der Waals surface area contributed by atoms with Gasteiger partial charge in [0.1, 0.15) is 5.82 Å². The maximum atomic E-state index is 13.9. The van der Waals surface area contributed by atoms with Crippen LogP contribution in [-0.2, 0) is 11.3 Å². The Morgan fingerprint density at radius 2 is 2.40 bits per heavy atom. The van der Waals surface area contributed by atoms with E-state index in [2.05, 4.69) is 17.4 Å². The van der Waals surface area contributed by atoms with Crippen LogP contribution in [0.5, 0.6) is 0 Å². The summed E-state index contributed by atoms with van der Waals surface area (Å²) in [5.74, 6) is -0.477. The minimum absolute atomic E-state index is 0.102. The number of nitrogens with zero attached hydrogens (tertiary/aromatic N) is 1. The zero-order valence-corrected chi connectivity index (χ0v) is 11.5. The zero-order valence-electron chi connectivity index (χ0n) is 11.5. The van der Waals surface area contributed by atoms with Crippen molar-refractivity contribution >= 4 is 5.84 Å². The lowest BCUT2D eigenvalue weighted by molar-refractivity contribution is 0.0206. The standard InChI is InChI=1S/C14H20FN3O2/c1-14(5-2-6-20-14)9-17-8-11-4-3-10(7-12(11)15)13(16)18-19/h3-4,7,17,19H,2,5-6,8-9H2,1H3,(H2,16,18). The molecular formula is C14H20FN3O2. The molecule has 4 N–H and O–H groups in total. The third kappa shape index (κ3) is 3.46. The van der Waals surface area contributed by atoms with Crippen LogP contribution >= 0.6 is 0 Å². The first kappa shape index (κ1) is 14.7. The molecule has 0 bridgehead atoms. The fourth-order valence-electron chi connectivity index (χ4n) is 2.35. The first-order valence-electron chi connectivity index (χ1n) is 6.65. The van der Waals surface area contributed by atoms with Crippen molar-refractivity contribution in [2.75, 3.05) is 13.2 Å². The Morgan fingerprint density at radius 3 is 3.00 bits per heavy atom. The molecule has 0 radical (unpaired) electrons. The van der Waals surface area contributed by atoms with Crippen LogP contribution < -0.4 is 11.1 Å². The summed E-state index contributed by atoms with van der Waals surface area (Å²) in [4.78, 5) is 0. The molecule has 0 aromatic heterocycles. The van der Waals surface area contributed by atoms with Gasteiger partial charge in [0.05, 0.1) is 5.60 Å². The molecule has 1 aliphatic rings. The molecule has 1 unspecified atom stereocenters. The van der Waals surface area contributed by atoms with E-state index in [9.17, 15) is 4.39 Å². The second-order valence-corrected chi connectivity index (χ2v) is 5.30. The summed E-state index contributed by atoms with van der Waals surface area (Å²) in [5.41, 5.74) is 6.17. The van der Waals surface area contributed by atoms with Gasteiger partial charge in [-0.2, -0.15) is 0 Å². The van der Waals surface area contributed by atoms with Gasteiger partial charge in [0.2, 0.25) is 0 Å². The number of hydrogen-bond donors (Lipinski definition) is 3. The highest BCUT2D eigenvalue weighted by molar-refractivity contribution is 5.97. The average molecular weight is 281 g/mol. The molecule has 1 aliphatic heterocycles. The summed E-state index contributed by atoms with van der Waals surface area (Å²) in [7, 11) is 0. The van der Waals surface area contributed by atoms with Gasteiger partial charge in [-0.15, -0.1) is 0 Å². The lowest BCUT2D eigenvalue weighted by Crippen LogP contribution is -2.36. The maximum absolute atomic E-state index is 13.9. The molecule has 0 amide bonds. The van der Waals surface area contributed by atoms with Crippen LogP contribution in [0.15, 0.2) is 23.4 Å². The zero-order chi connectivity index (χ0) is 14.6. The van der Waals surface area contributed by atoms with Gasteiger partial charge in [0.15, 0.2) is 5.84 Å². The third-order valence-electron chi connectivity index (χ3n) is 3.57. The van der Waals surface area contributed by atoms with Crippen LogP contribution in [0.3, 0.4) is 0 Å². The molecule has 0 aliphatic carbocycles. The number of halogens is 1. The smallest absolute Gasteiger partial charge is 0.170 e. The Bertz CT molecular complexity index is 499. The number of hydrogen-bond acceptors (Lipinski definition) is 4. The summed E-state index contributed by atoms with van der Waals surface area (Å²) < 4.78 is 19.5. The highest BCUT2D eigenvalue weighted by Crippen LogP contribution is 2.24.